The van der Waals surface area contributed by atoms with E-state index in [1.54, 1.807) is 7.11 Å². The maximum absolute atomic E-state index is 12.8. The quantitative estimate of drug-likeness (QED) is 0.672. The van der Waals surface area contributed by atoms with Crippen molar-refractivity contribution < 1.29 is 9.53 Å². The Balaban J connectivity index is 1.42. The third-order valence-corrected chi connectivity index (χ3v) is 5.85. The third-order valence-electron chi connectivity index (χ3n) is 5.85. The number of fused-ring (bicyclic) bond motifs is 2. The number of pyridine rings is 1. The largest absolute Gasteiger partial charge is 0.497 e. The lowest BCUT2D eigenvalue weighted by molar-refractivity contribution is -0.132. The number of methoxy groups -OCH3 is 1. The first-order valence-corrected chi connectivity index (χ1v) is 10.1. The van der Waals surface area contributed by atoms with Gasteiger partial charge in [-0.25, -0.2) is 0 Å². The molecule has 3 heterocycles. The maximum atomic E-state index is 12.8. The SMILES string of the molecule is COc1ccc(CN2Cc3cc4c(cc3CC2=O)CN=C4c2ccnc(C)c2)cc1. The summed E-state index contributed by atoms with van der Waals surface area (Å²) < 4.78 is 5.23. The number of hydrogen-bond acceptors (Lipinski definition) is 4. The second-order valence-corrected chi connectivity index (χ2v) is 7.90. The standard InChI is InChI=1S/C25H23N3O2/c1-16-9-18(7-8-26-16)25-23-11-21-15-28(14-17-3-5-22(30-2)6-4-17)24(29)12-19(21)10-20(23)13-27-25/h3-11H,12-15H2,1-2H3. The van der Waals surface area contributed by atoms with Crippen LogP contribution >= 0.6 is 0 Å². The van der Waals surface area contributed by atoms with Gasteiger partial charge in [-0.2, -0.15) is 0 Å². The van der Waals surface area contributed by atoms with Gasteiger partial charge in [0.2, 0.25) is 5.91 Å². The van der Waals surface area contributed by atoms with Crippen LogP contribution in [-0.2, 0) is 30.8 Å². The average Bonchev–Trinajstić information content (AvgIpc) is 3.16. The number of carbonyl (C=O) groups is 1. The van der Waals surface area contributed by atoms with Crippen LogP contribution in [0.15, 0.2) is 59.7 Å². The van der Waals surface area contributed by atoms with Gasteiger partial charge in [0.1, 0.15) is 5.75 Å². The Morgan fingerprint density at radius 3 is 2.63 bits per heavy atom. The molecular formula is C25H23N3O2. The van der Waals surface area contributed by atoms with Crippen LogP contribution in [0.4, 0.5) is 0 Å². The number of aliphatic imine (C=N–C) groups is 1. The Morgan fingerprint density at radius 1 is 1.03 bits per heavy atom. The molecule has 1 aromatic heterocycles. The van der Waals surface area contributed by atoms with Gasteiger partial charge in [0.15, 0.2) is 0 Å². The molecule has 1 amide bonds. The number of rotatable bonds is 4. The Hall–Kier alpha value is -3.47. The number of ether oxygens (including phenoxy) is 1. The maximum Gasteiger partial charge on any atom is 0.227 e. The highest BCUT2D eigenvalue weighted by molar-refractivity contribution is 6.15. The molecule has 2 aliphatic rings. The van der Waals surface area contributed by atoms with Gasteiger partial charge < -0.3 is 9.64 Å². The number of hydrogen-bond donors (Lipinski definition) is 0. The van der Waals surface area contributed by atoms with E-state index in [-0.39, 0.29) is 5.91 Å². The fourth-order valence-electron chi connectivity index (χ4n) is 4.26. The number of carbonyl (C=O) groups excluding carboxylic acids is 1. The zero-order valence-corrected chi connectivity index (χ0v) is 17.2. The van der Waals surface area contributed by atoms with Crippen LogP contribution in [0.3, 0.4) is 0 Å². The van der Waals surface area contributed by atoms with Crippen LogP contribution in [0, 0.1) is 6.92 Å². The predicted octanol–water partition coefficient (Wildman–Crippen LogP) is 3.83. The van der Waals surface area contributed by atoms with Gasteiger partial charge in [-0.1, -0.05) is 18.2 Å². The average molecular weight is 397 g/mol. The molecule has 30 heavy (non-hydrogen) atoms. The lowest BCUT2D eigenvalue weighted by Crippen LogP contribution is -2.35. The number of amides is 1. The number of aromatic nitrogens is 1. The van der Waals surface area contributed by atoms with Gasteiger partial charge in [-0.15, -0.1) is 0 Å². The summed E-state index contributed by atoms with van der Waals surface area (Å²) >= 11 is 0. The summed E-state index contributed by atoms with van der Waals surface area (Å²) in [7, 11) is 1.66. The van der Waals surface area contributed by atoms with Crippen molar-refractivity contribution in [2.45, 2.75) is 33.0 Å². The molecule has 0 fully saturated rings. The summed E-state index contributed by atoms with van der Waals surface area (Å²) in [5, 5.41) is 0. The molecule has 0 saturated heterocycles. The van der Waals surface area contributed by atoms with Crippen molar-refractivity contribution >= 4 is 11.6 Å². The number of nitrogens with zero attached hydrogens (tertiary/aromatic N) is 3. The molecular weight excluding hydrogens is 374 g/mol. The van der Waals surface area contributed by atoms with E-state index in [1.807, 2.05) is 48.4 Å². The molecule has 0 bridgehead atoms. The number of aryl methyl sites for hydroxylation is 1. The van der Waals surface area contributed by atoms with Gasteiger partial charge in [-0.05, 0) is 59.5 Å². The molecule has 0 unspecified atom stereocenters. The normalized spacial score (nSPS) is 14.9. The first-order chi connectivity index (χ1) is 14.6. The van der Waals surface area contributed by atoms with Crippen molar-refractivity contribution in [1.82, 2.24) is 9.88 Å². The minimum Gasteiger partial charge on any atom is -0.497 e. The predicted molar refractivity (Wildman–Crippen MR) is 116 cm³/mol. The summed E-state index contributed by atoms with van der Waals surface area (Å²) in [6.07, 6.45) is 2.28. The zero-order valence-electron chi connectivity index (χ0n) is 17.2. The van der Waals surface area contributed by atoms with E-state index in [4.69, 9.17) is 9.73 Å². The molecule has 2 aliphatic heterocycles. The fourth-order valence-corrected chi connectivity index (χ4v) is 4.26. The Bertz CT molecular complexity index is 1170. The van der Waals surface area contributed by atoms with E-state index >= 15 is 0 Å². The molecule has 2 aromatic carbocycles. The highest BCUT2D eigenvalue weighted by Crippen LogP contribution is 2.30. The topological polar surface area (TPSA) is 54.8 Å². The van der Waals surface area contributed by atoms with Gasteiger partial charge in [0.25, 0.3) is 0 Å². The van der Waals surface area contributed by atoms with Crippen LogP contribution in [0.25, 0.3) is 0 Å². The minimum absolute atomic E-state index is 0.169. The van der Waals surface area contributed by atoms with Crippen molar-refractivity contribution in [3.05, 3.63) is 93.8 Å². The molecule has 0 saturated carbocycles. The van der Waals surface area contributed by atoms with Crippen LogP contribution in [-0.4, -0.2) is 28.6 Å². The second-order valence-electron chi connectivity index (χ2n) is 7.90. The fraction of sp³-hybridized carbons (Fsp3) is 0.240. The van der Waals surface area contributed by atoms with E-state index in [1.165, 1.54) is 16.7 Å². The van der Waals surface area contributed by atoms with Crippen molar-refractivity contribution in [2.75, 3.05) is 7.11 Å². The van der Waals surface area contributed by atoms with Gasteiger partial charge in [0, 0.05) is 36.1 Å². The van der Waals surface area contributed by atoms with Gasteiger partial charge in [0.05, 0.1) is 25.8 Å². The second kappa shape index (κ2) is 7.41. The van der Waals surface area contributed by atoms with Crippen molar-refractivity contribution in [3.8, 4) is 5.75 Å². The molecule has 0 atom stereocenters. The molecule has 0 aliphatic carbocycles. The third kappa shape index (κ3) is 3.36. The van der Waals surface area contributed by atoms with E-state index < -0.39 is 0 Å². The monoisotopic (exact) mass is 397 g/mol. The molecule has 5 nitrogen and oxygen atoms in total. The van der Waals surface area contributed by atoms with Crippen LogP contribution < -0.4 is 4.74 Å². The summed E-state index contributed by atoms with van der Waals surface area (Å²) in [6.45, 7) is 3.89. The molecule has 150 valence electrons. The molecule has 5 rings (SSSR count). The molecule has 5 heteroatoms. The summed E-state index contributed by atoms with van der Waals surface area (Å²) in [6, 6.07) is 16.4. The highest BCUT2D eigenvalue weighted by atomic mass is 16.5. The smallest absolute Gasteiger partial charge is 0.227 e. The minimum atomic E-state index is 0.169. The molecule has 0 spiro atoms. The highest BCUT2D eigenvalue weighted by Gasteiger charge is 2.27. The van der Waals surface area contributed by atoms with Crippen LogP contribution in [0.1, 0.15) is 39.1 Å². The van der Waals surface area contributed by atoms with E-state index in [0.717, 1.165) is 33.8 Å². The van der Waals surface area contributed by atoms with Crippen molar-refractivity contribution in [2.24, 2.45) is 4.99 Å². The Kier molecular flexibility index (Phi) is 4.58. The van der Waals surface area contributed by atoms with Gasteiger partial charge in [-0.3, -0.25) is 14.8 Å². The van der Waals surface area contributed by atoms with Crippen LogP contribution in [0.2, 0.25) is 0 Å². The zero-order chi connectivity index (χ0) is 20.7. The van der Waals surface area contributed by atoms with Crippen LogP contribution in [0.5, 0.6) is 5.75 Å². The van der Waals surface area contributed by atoms with E-state index in [9.17, 15) is 4.79 Å². The molecule has 0 radical (unpaired) electrons. The summed E-state index contributed by atoms with van der Waals surface area (Å²) in [5.74, 6) is 0.991. The lowest BCUT2D eigenvalue weighted by atomic mass is 9.91. The lowest BCUT2D eigenvalue weighted by Gasteiger charge is -2.29. The first kappa shape index (κ1) is 18.6. The summed E-state index contributed by atoms with van der Waals surface area (Å²) in [5.41, 5.74) is 8.93. The van der Waals surface area contributed by atoms with Gasteiger partial charge >= 0.3 is 0 Å². The van der Waals surface area contributed by atoms with Crippen molar-refractivity contribution in [1.29, 1.82) is 0 Å². The van der Waals surface area contributed by atoms with E-state index in [2.05, 4.69) is 23.2 Å². The number of benzene rings is 2. The first-order valence-electron chi connectivity index (χ1n) is 10.1. The Labute approximate surface area is 176 Å². The molecule has 3 aromatic rings. The van der Waals surface area contributed by atoms with E-state index in [0.29, 0.717) is 26.1 Å². The Morgan fingerprint density at radius 2 is 1.87 bits per heavy atom. The molecule has 0 N–H and O–H groups in total. The summed E-state index contributed by atoms with van der Waals surface area (Å²) in [4.78, 5) is 23.8. The van der Waals surface area contributed by atoms with Crippen molar-refractivity contribution in [3.63, 3.8) is 0 Å².